The van der Waals surface area contributed by atoms with E-state index >= 15 is 0 Å². The summed E-state index contributed by atoms with van der Waals surface area (Å²) in [5.41, 5.74) is 0.599. The maximum absolute atomic E-state index is 11.0. The summed E-state index contributed by atoms with van der Waals surface area (Å²) in [5, 5.41) is 30.6. The highest BCUT2D eigenvalue weighted by Crippen LogP contribution is 2.33. The lowest BCUT2D eigenvalue weighted by molar-refractivity contribution is -0.105. The van der Waals surface area contributed by atoms with Gasteiger partial charge in [0.05, 0.1) is 24.9 Å². The van der Waals surface area contributed by atoms with E-state index < -0.39 is 17.3 Å². The van der Waals surface area contributed by atoms with Gasteiger partial charge in [0.1, 0.15) is 5.60 Å². The Balaban J connectivity index is 2.68. The Morgan fingerprint density at radius 2 is 2.15 bits per heavy atom. The zero-order chi connectivity index (χ0) is 20.5. The quantitative estimate of drug-likeness (QED) is 0.444. The van der Waals surface area contributed by atoms with Gasteiger partial charge in [-0.1, -0.05) is 37.0 Å². The third-order valence-corrected chi connectivity index (χ3v) is 5.70. The molecule has 1 aliphatic heterocycles. The minimum Gasteiger partial charge on any atom is -0.392 e. The van der Waals surface area contributed by atoms with Gasteiger partial charge in [0.25, 0.3) is 0 Å². The molecule has 0 bridgehead atoms. The molecule has 0 aromatic rings. The molecule has 1 fully saturated rings. The minimum atomic E-state index is -1.02. The van der Waals surface area contributed by atoms with Gasteiger partial charge in [-0.3, -0.25) is 0 Å². The number of aliphatic hydroxyl groups excluding tert-OH is 2. The average Bonchev–Trinajstić information content (AvgIpc) is 2.74. The average molecular weight is 379 g/mol. The molecule has 3 N–H and O–H groups in total. The molecule has 1 aliphatic rings. The second-order valence-corrected chi connectivity index (χ2v) is 8.28. The fourth-order valence-corrected chi connectivity index (χ4v) is 3.53. The van der Waals surface area contributed by atoms with Gasteiger partial charge in [-0.2, -0.15) is 0 Å². The van der Waals surface area contributed by atoms with Crippen LogP contribution < -0.4 is 0 Å². The monoisotopic (exact) mass is 378 g/mol. The van der Waals surface area contributed by atoms with Crippen molar-refractivity contribution in [2.24, 2.45) is 5.92 Å². The van der Waals surface area contributed by atoms with Crippen molar-refractivity contribution < 1.29 is 20.1 Å². The molecule has 0 amide bonds. The first kappa shape index (κ1) is 23.9. The molecule has 0 aromatic carbocycles. The molecule has 0 aliphatic carbocycles. The third-order valence-electron chi connectivity index (χ3n) is 5.70. The zero-order valence-corrected chi connectivity index (χ0v) is 17.7. The van der Waals surface area contributed by atoms with Crippen LogP contribution >= 0.6 is 0 Å². The third kappa shape index (κ3) is 7.43. The number of hydrogen-bond donors (Lipinski definition) is 3. The van der Waals surface area contributed by atoms with E-state index in [2.05, 4.69) is 11.8 Å². The molecule has 0 aromatic heterocycles. The molecule has 0 spiro atoms. The SMILES string of the molecule is CC#CC(O)(CC=C(C)C)C(C)CCC[C@]1(C)OCC(=CCO)CC[C@H]1O. The molecule has 0 saturated carbocycles. The van der Waals surface area contributed by atoms with Crippen molar-refractivity contribution in [3.05, 3.63) is 23.3 Å². The topological polar surface area (TPSA) is 69.9 Å². The molecular weight excluding hydrogens is 340 g/mol. The Hall–Kier alpha value is -1.12. The van der Waals surface area contributed by atoms with Gasteiger partial charge in [0, 0.05) is 6.42 Å². The van der Waals surface area contributed by atoms with Gasteiger partial charge in [-0.25, -0.2) is 0 Å². The maximum atomic E-state index is 11.0. The number of ether oxygens (including phenoxy) is 1. The van der Waals surface area contributed by atoms with Crippen molar-refractivity contribution in [3.63, 3.8) is 0 Å². The molecule has 2 unspecified atom stereocenters. The lowest BCUT2D eigenvalue weighted by Gasteiger charge is -2.34. The molecule has 4 atom stereocenters. The fraction of sp³-hybridized carbons (Fsp3) is 0.739. The smallest absolute Gasteiger partial charge is 0.131 e. The van der Waals surface area contributed by atoms with Crippen LogP contribution in [0.4, 0.5) is 0 Å². The number of aliphatic hydroxyl groups is 3. The van der Waals surface area contributed by atoms with Gasteiger partial charge in [-0.15, -0.1) is 5.92 Å². The summed E-state index contributed by atoms with van der Waals surface area (Å²) >= 11 is 0. The summed E-state index contributed by atoms with van der Waals surface area (Å²) in [7, 11) is 0. The van der Waals surface area contributed by atoms with E-state index in [1.807, 2.05) is 33.8 Å². The van der Waals surface area contributed by atoms with E-state index in [9.17, 15) is 10.2 Å². The van der Waals surface area contributed by atoms with E-state index in [1.54, 1.807) is 13.0 Å². The molecule has 1 heterocycles. The van der Waals surface area contributed by atoms with Crippen molar-refractivity contribution in [2.45, 2.75) is 90.4 Å². The predicted molar refractivity (Wildman–Crippen MR) is 110 cm³/mol. The maximum Gasteiger partial charge on any atom is 0.131 e. The molecule has 1 rings (SSSR count). The largest absolute Gasteiger partial charge is 0.392 e. The zero-order valence-electron chi connectivity index (χ0n) is 17.7. The van der Waals surface area contributed by atoms with Gasteiger partial charge >= 0.3 is 0 Å². The van der Waals surface area contributed by atoms with Crippen molar-refractivity contribution in [3.8, 4) is 11.8 Å². The number of rotatable bonds is 8. The lowest BCUT2D eigenvalue weighted by Crippen LogP contribution is -2.41. The van der Waals surface area contributed by atoms with E-state index in [1.165, 1.54) is 5.57 Å². The fourth-order valence-electron chi connectivity index (χ4n) is 3.53. The number of allylic oxidation sites excluding steroid dienone is 1. The van der Waals surface area contributed by atoms with Crippen molar-refractivity contribution in [2.75, 3.05) is 13.2 Å². The van der Waals surface area contributed by atoms with Crippen LogP contribution in [-0.2, 0) is 4.74 Å². The van der Waals surface area contributed by atoms with Crippen LogP contribution in [0.5, 0.6) is 0 Å². The molecule has 0 radical (unpaired) electrons. The molecule has 4 heteroatoms. The highest BCUT2D eigenvalue weighted by molar-refractivity contribution is 5.17. The predicted octanol–water partition coefficient (Wildman–Crippen LogP) is 3.75. The molecule has 154 valence electrons. The van der Waals surface area contributed by atoms with Gasteiger partial charge in [0.2, 0.25) is 0 Å². The van der Waals surface area contributed by atoms with Crippen LogP contribution in [0, 0.1) is 17.8 Å². The van der Waals surface area contributed by atoms with Crippen LogP contribution in [0.25, 0.3) is 0 Å². The second kappa shape index (κ2) is 11.0. The Morgan fingerprint density at radius 1 is 1.44 bits per heavy atom. The van der Waals surface area contributed by atoms with Gasteiger partial charge in [-0.05, 0) is 64.9 Å². The van der Waals surface area contributed by atoms with E-state index in [0.29, 0.717) is 19.4 Å². The van der Waals surface area contributed by atoms with Gasteiger partial charge in [0.15, 0.2) is 0 Å². The van der Waals surface area contributed by atoms with Crippen molar-refractivity contribution >= 4 is 0 Å². The van der Waals surface area contributed by atoms with Crippen LogP contribution in [0.15, 0.2) is 23.3 Å². The molecule has 1 saturated heterocycles. The van der Waals surface area contributed by atoms with Crippen LogP contribution in [0.2, 0.25) is 0 Å². The second-order valence-electron chi connectivity index (χ2n) is 8.28. The number of hydrogen-bond acceptors (Lipinski definition) is 4. The first-order valence-corrected chi connectivity index (χ1v) is 10.1. The summed E-state index contributed by atoms with van der Waals surface area (Å²) < 4.78 is 6.03. The van der Waals surface area contributed by atoms with Crippen LogP contribution in [-0.4, -0.2) is 45.8 Å². The lowest BCUT2D eigenvalue weighted by atomic mass is 9.80. The van der Waals surface area contributed by atoms with Crippen molar-refractivity contribution in [1.29, 1.82) is 0 Å². The van der Waals surface area contributed by atoms with Crippen molar-refractivity contribution in [1.82, 2.24) is 0 Å². The normalized spacial score (nSPS) is 27.9. The Labute approximate surface area is 165 Å². The van der Waals surface area contributed by atoms with E-state index in [0.717, 1.165) is 31.3 Å². The minimum absolute atomic E-state index is 0.00570. The Bertz CT molecular complexity index is 579. The molecular formula is C23H38O4. The highest BCUT2D eigenvalue weighted by atomic mass is 16.5. The standard InChI is InChI=1S/C23H38O4/c1-6-13-23(26,15-11-18(2)3)19(4)8-7-14-22(5)21(25)10-9-20(12-16-24)17-27-22/h11-12,19,21,24-26H,7-10,14-17H2,1-5H3/t19?,21-,22+,23?/m1/s1. The highest BCUT2D eigenvalue weighted by Gasteiger charge is 2.37. The van der Waals surface area contributed by atoms with Gasteiger partial charge < -0.3 is 20.1 Å². The summed E-state index contributed by atoms with van der Waals surface area (Å²) in [5.74, 6) is 5.90. The Kier molecular flexibility index (Phi) is 9.76. The molecule has 27 heavy (non-hydrogen) atoms. The molecule has 4 nitrogen and oxygen atoms in total. The summed E-state index contributed by atoms with van der Waals surface area (Å²) in [6.45, 7) is 10.3. The summed E-state index contributed by atoms with van der Waals surface area (Å²) in [6, 6.07) is 0. The first-order chi connectivity index (χ1) is 12.7. The summed E-state index contributed by atoms with van der Waals surface area (Å²) in [6.07, 6.45) is 7.58. The first-order valence-electron chi connectivity index (χ1n) is 10.1. The van der Waals surface area contributed by atoms with E-state index in [4.69, 9.17) is 9.84 Å². The summed E-state index contributed by atoms with van der Waals surface area (Å²) in [4.78, 5) is 0. The van der Waals surface area contributed by atoms with Crippen LogP contribution in [0.1, 0.15) is 73.1 Å². The van der Waals surface area contributed by atoms with E-state index in [-0.39, 0.29) is 12.5 Å². The van der Waals surface area contributed by atoms with Crippen LogP contribution in [0.3, 0.4) is 0 Å². The Morgan fingerprint density at radius 3 is 2.74 bits per heavy atom.